The molecule has 25 heavy (non-hydrogen) atoms. The lowest BCUT2D eigenvalue weighted by atomic mass is 10.0. The van der Waals surface area contributed by atoms with Crippen LogP contribution < -0.4 is 0 Å². The highest BCUT2D eigenvalue weighted by atomic mass is 35.5. The molecule has 0 amide bonds. The molecular formula is C21H27ClN2O. The molecule has 2 aromatic rings. The second kappa shape index (κ2) is 8.81. The van der Waals surface area contributed by atoms with Crippen LogP contribution in [0.2, 0.25) is 5.02 Å². The van der Waals surface area contributed by atoms with Crippen molar-refractivity contribution < 1.29 is 5.11 Å². The summed E-state index contributed by atoms with van der Waals surface area (Å²) in [4.78, 5) is 4.97. The zero-order valence-corrected chi connectivity index (χ0v) is 15.6. The van der Waals surface area contributed by atoms with Gasteiger partial charge in [-0.25, -0.2) is 0 Å². The summed E-state index contributed by atoms with van der Waals surface area (Å²) in [5.41, 5.74) is 3.90. The van der Waals surface area contributed by atoms with Crippen molar-refractivity contribution in [2.75, 3.05) is 26.2 Å². The SMILES string of the molecule is Cc1ccccc1CN1CCN(Cc2ccccc2Cl)C[C@@H]1CCO. The maximum atomic E-state index is 9.51. The third kappa shape index (κ3) is 4.83. The second-order valence-corrected chi connectivity index (χ2v) is 7.30. The molecule has 4 heteroatoms. The first-order valence-electron chi connectivity index (χ1n) is 9.02. The number of hydrogen-bond acceptors (Lipinski definition) is 3. The van der Waals surface area contributed by atoms with E-state index in [4.69, 9.17) is 11.6 Å². The number of piperazine rings is 1. The minimum Gasteiger partial charge on any atom is -0.396 e. The van der Waals surface area contributed by atoms with Crippen molar-refractivity contribution in [2.45, 2.75) is 32.5 Å². The van der Waals surface area contributed by atoms with Gasteiger partial charge in [-0.2, -0.15) is 0 Å². The van der Waals surface area contributed by atoms with Crippen LogP contribution in [0.25, 0.3) is 0 Å². The number of aliphatic hydroxyl groups is 1. The molecule has 1 aliphatic rings. The summed E-state index contributed by atoms with van der Waals surface area (Å²) in [6, 6.07) is 17.0. The molecular weight excluding hydrogens is 332 g/mol. The molecule has 0 aliphatic carbocycles. The molecule has 0 spiro atoms. The Labute approximate surface area is 155 Å². The summed E-state index contributed by atoms with van der Waals surface area (Å²) in [6.45, 7) is 7.25. The number of rotatable bonds is 6. The van der Waals surface area contributed by atoms with Gasteiger partial charge in [0.2, 0.25) is 0 Å². The van der Waals surface area contributed by atoms with E-state index in [-0.39, 0.29) is 6.61 Å². The van der Waals surface area contributed by atoms with Crippen LogP contribution in [-0.2, 0) is 13.1 Å². The standard InChI is InChI=1S/C21H27ClN2O/c1-17-6-2-3-7-18(17)15-24-12-11-23(16-20(24)10-13-25)14-19-8-4-5-9-21(19)22/h2-9,20,25H,10-16H2,1H3/t20-/m0/s1. The van der Waals surface area contributed by atoms with Crippen molar-refractivity contribution in [3.05, 3.63) is 70.2 Å². The van der Waals surface area contributed by atoms with Gasteiger partial charge in [0, 0.05) is 50.4 Å². The molecule has 0 aromatic heterocycles. The number of benzene rings is 2. The van der Waals surface area contributed by atoms with E-state index in [2.05, 4.69) is 47.1 Å². The van der Waals surface area contributed by atoms with Gasteiger partial charge < -0.3 is 5.11 Å². The maximum Gasteiger partial charge on any atom is 0.0451 e. The Morgan fingerprint density at radius 1 is 1.00 bits per heavy atom. The molecule has 2 aromatic carbocycles. The van der Waals surface area contributed by atoms with E-state index >= 15 is 0 Å². The molecule has 134 valence electrons. The lowest BCUT2D eigenvalue weighted by Crippen LogP contribution is -2.52. The van der Waals surface area contributed by atoms with Gasteiger partial charge in [0.1, 0.15) is 0 Å². The Hall–Kier alpha value is -1.39. The number of aliphatic hydroxyl groups excluding tert-OH is 1. The first kappa shape index (κ1) is 18.4. The lowest BCUT2D eigenvalue weighted by Gasteiger charge is -2.41. The van der Waals surface area contributed by atoms with E-state index in [1.807, 2.05) is 18.2 Å². The maximum absolute atomic E-state index is 9.51. The monoisotopic (exact) mass is 358 g/mol. The van der Waals surface area contributed by atoms with Crippen molar-refractivity contribution >= 4 is 11.6 Å². The predicted octanol–water partition coefficient (Wildman–Crippen LogP) is 3.72. The Morgan fingerprint density at radius 3 is 2.44 bits per heavy atom. The average molecular weight is 359 g/mol. The van der Waals surface area contributed by atoms with Crippen LogP contribution in [0.3, 0.4) is 0 Å². The van der Waals surface area contributed by atoms with E-state index in [0.29, 0.717) is 6.04 Å². The minimum atomic E-state index is 0.231. The molecule has 1 saturated heterocycles. The normalized spacial score (nSPS) is 19.2. The summed E-state index contributed by atoms with van der Waals surface area (Å²) >= 11 is 6.32. The van der Waals surface area contributed by atoms with Crippen molar-refractivity contribution in [3.8, 4) is 0 Å². The van der Waals surface area contributed by atoms with Crippen LogP contribution in [0.4, 0.5) is 0 Å². The van der Waals surface area contributed by atoms with E-state index in [1.165, 1.54) is 16.7 Å². The molecule has 1 fully saturated rings. The summed E-state index contributed by atoms with van der Waals surface area (Å²) < 4.78 is 0. The van der Waals surface area contributed by atoms with Gasteiger partial charge in [-0.1, -0.05) is 54.1 Å². The molecule has 3 nitrogen and oxygen atoms in total. The average Bonchev–Trinajstić information content (AvgIpc) is 2.61. The number of hydrogen-bond donors (Lipinski definition) is 1. The zero-order chi connectivity index (χ0) is 17.6. The molecule has 1 atom stereocenters. The summed E-state index contributed by atoms with van der Waals surface area (Å²) in [6.07, 6.45) is 0.810. The molecule has 3 rings (SSSR count). The topological polar surface area (TPSA) is 26.7 Å². The van der Waals surface area contributed by atoms with Crippen molar-refractivity contribution in [3.63, 3.8) is 0 Å². The van der Waals surface area contributed by atoms with Crippen LogP contribution in [0.5, 0.6) is 0 Å². The fraction of sp³-hybridized carbons (Fsp3) is 0.429. The second-order valence-electron chi connectivity index (χ2n) is 6.89. The predicted molar refractivity (Wildman–Crippen MR) is 104 cm³/mol. The molecule has 1 N–H and O–H groups in total. The Bertz CT molecular complexity index is 691. The van der Waals surface area contributed by atoms with Crippen LogP contribution in [0, 0.1) is 6.92 Å². The lowest BCUT2D eigenvalue weighted by molar-refractivity contribution is 0.0499. The molecule has 0 radical (unpaired) electrons. The van der Waals surface area contributed by atoms with Crippen molar-refractivity contribution in [1.29, 1.82) is 0 Å². The highest BCUT2D eigenvalue weighted by molar-refractivity contribution is 6.31. The third-order valence-electron chi connectivity index (χ3n) is 5.14. The molecule has 1 heterocycles. The van der Waals surface area contributed by atoms with E-state index < -0.39 is 0 Å². The van der Waals surface area contributed by atoms with Crippen LogP contribution >= 0.6 is 11.6 Å². The van der Waals surface area contributed by atoms with Crippen LogP contribution in [-0.4, -0.2) is 47.2 Å². The van der Waals surface area contributed by atoms with Gasteiger partial charge in [0.05, 0.1) is 0 Å². The Balaban J connectivity index is 1.66. The Morgan fingerprint density at radius 2 is 1.72 bits per heavy atom. The molecule has 0 saturated carbocycles. The van der Waals surface area contributed by atoms with E-state index in [9.17, 15) is 5.11 Å². The van der Waals surface area contributed by atoms with E-state index in [0.717, 1.165) is 44.2 Å². The van der Waals surface area contributed by atoms with Crippen LogP contribution in [0.15, 0.2) is 48.5 Å². The van der Waals surface area contributed by atoms with Gasteiger partial charge >= 0.3 is 0 Å². The fourth-order valence-corrected chi connectivity index (χ4v) is 3.80. The Kier molecular flexibility index (Phi) is 6.49. The van der Waals surface area contributed by atoms with Gasteiger partial charge in [-0.05, 0) is 36.1 Å². The number of aryl methyl sites for hydroxylation is 1. The van der Waals surface area contributed by atoms with Crippen molar-refractivity contribution in [2.24, 2.45) is 0 Å². The van der Waals surface area contributed by atoms with E-state index in [1.54, 1.807) is 0 Å². The van der Waals surface area contributed by atoms with Gasteiger partial charge in [0.25, 0.3) is 0 Å². The van der Waals surface area contributed by atoms with Gasteiger partial charge in [-0.15, -0.1) is 0 Å². The third-order valence-corrected chi connectivity index (χ3v) is 5.51. The largest absolute Gasteiger partial charge is 0.396 e. The molecule has 0 bridgehead atoms. The quantitative estimate of drug-likeness (QED) is 0.852. The van der Waals surface area contributed by atoms with Gasteiger partial charge in [-0.3, -0.25) is 9.80 Å². The zero-order valence-electron chi connectivity index (χ0n) is 14.9. The highest BCUT2D eigenvalue weighted by Crippen LogP contribution is 2.22. The van der Waals surface area contributed by atoms with Crippen LogP contribution in [0.1, 0.15) is 23.1 Å². The number of halogens is 1. The van der Waals surface area contributed by atoms with Crippen molar-refractivity contribution in [1.82, 2.24) is 9.80 Å². The van der Waals surface area contributed by atoms with Gasteiger partial charge in [0.15, 0.2) is 0 Å². The highest BCUT2D eigenvalue weighted by Gasteiger charge is 2.27. The smallest absolute Gasteiger partial charge is 0.0451 e. The molecule has 0 unspecified atom stereocenters. The first-order valence-corrected chi connectivity index (χ1v) is 9.40. The summed E-state index contributed by atoms with van der Waals surface area (Å²) in [5.74, 6) is 0. The molecule has 1 aliphatic heterocycles. The summed E-state index contributed by atoms with van der Waals surface area (Å²) in [7, 11) is 0. The summed E-state index contributed by atoms with van der Waals surface area (Å²) in [5, 5.41) is 10.3. The number of nitrogens with zero attached hydrogens (tertiary/aromatic N) is 2. The fourth-order valence-electron chi connectivity index (χ4n) is 3.61. The minimum absolute atomic E-state index is 0.231. The first-order chi connectivity index (χ1) is 12.2.